The molecule has 1 saturated carbocycles. The average Bonchev–Trinajstić information content (AvgIpc) is 3.39. The number of alkyl halides is 2. The third-order valence-corrected chi connectivity index (χ3v) is 7.76. The van der Waals surface area contributed by atoms with Crippen molar-refractivity contribution in [1.29, 1.82) is 5.41 Å². The molecule has 0 bridgehead atoms. The van der Waals surface area contributed by atoms with Gasteiger partial charge in [-0.05, 0) is 55.5 Å². The molecule has 0 spiro atoms. The van der Waals surface area contributed by atoms with Gasteiger partial charge in [-0.3, -0.25) is 20.2 Å². The zero-order chi connectivity index (χ0) is 31.4. The van der Waals surface area contributed by atoms with E-state index in [2.05, 4.69) is 30.9 Å². The quantitative estimate of drug-likeness (QED) is 0.0982. The Morgan fingerprint density at radius 2 is 1.95 bits per heavy atom. The van der Waals surface area contributed by atoms with Crippen LogP contribution in [0.1, 0.15) is 56.4 Å². The summed E-state index contributed by atoms with van der Waals surface area (Å²) in [6.45, 7) is 0.736. The predicted octanol–water partition coefficient (Wildman–Crippen LogP) is 5.45. The Balaban J connectivity index is 1.34. The van der Waals surface area contributed by atoms with Crippen LogP contribution < -0.4 is 10.6 Å². The number of hydrogen-bond acceptors (Lipinski definition) is 7. The van der Waals surface area contributed by atoms with Crippen molar-refractivity contribution >= 4 is 30.1 Å². The third kappa shape index (κ3) is 7.02. The number of nitrogens with one attached hydrogen (secondary N) is 4. The summed E-state index contributed by atoms with van der Waals surface area (Å²) < 4.78 is 31.9. The maximum absolute atomic E-state index is 12.9. The van der Waals surface area contributed by atoms with Gasteiger partial charge in [0.05, 0.1) is 23.3 Å². The Labute approximate surface area is 256 Å². The molecular weight excluding hydrogens is 596 g/mol. The van der Waals surface area contributed by atoms with Crippen LogP contribution in [0.2, 0.25) is 5.02 Å². The highest BCUT2D eigenvalue weighted by Gasteiger charge is 2.39. The molecule has 1 aliphatic rings. The minimum absolute atomic E-state index is 0.242. The fourth-order valence-corrected chi connectivity index (χ4v) is 4.76. The van der Waals surface area contributed by atoms with E-state index in [1.165, 1.54) is 18.7 Å². The van der Waals surface area contributed by atoms with Crippen LogP contribution in [0.4, 0.5) is 13.6 Å². The second-order valence-electron chi connectivity index (χ2n) is 10.7. The summed E-state index contributed by atoms with van der Waals surface area (Å²) in [4.78, 5) is 30.3. The van der Waals surface area contributed by atoms with Crippen molar-refractivity contribution in [2.24, 2.45) is 0 Å². The largest absolute Gasteiger partial charge is 0.447 e. The smallest absolute Gasteiger partial charge is 0.407 e. The molecule has 2 aromatic heterocycles. The molecule has 1 fully saturated rings. The van der Waals surface area contributed by atoms with Crippen LogP contribution >= 0.6 is 11.6 Å². The van der Waals surface area contributed by atoms with Crippen LogP contribution in [0.5, 0.6) is 0 Å². The van der Waals surface area contributed by atoms with E-state index in [1.54, 1.807) is 49.4 Å². The summed E-state index contributed by atoms with van der Waals surface area (Å²) in [7, 11) is 0. The molecule has 2 unspecified atom stereocenters. The standard InChI is InChI=1S/C29H30ClF2N9O3/c1-17(18-3-5-19(6-4-18)21-12-36-41(13-21)26(31)32)37-27(33)40(16-42)24(14-44-28(43)38-29(2)9-10-29)20-7-8-23(30)22(11-20)25-34-15-35-39-25/h3-8,11-13,15-17,24,26H,9-10,14H2,1-2H3,(H2,33,37)(H,38,43)(H,34,35,39). The molecule has 2 atom stereocenters. The van der Waals surface area contributed by atoms with Crippen LogP contribution in [0.25, 0.3) is 22.5 Å². The minimum atomic E-state index is -2.73. The second-order valence-corrected chi connectivity index (χ2v) is 11.1. The number of nitrogens with zero attached hydrogens (tertiary/aromatic N) is 5. The van der Waals surface area contributed by atoms with Crippen molar-refractivity contribution in [3.05, 3.63) is 77.3 Å². The molecule has 0 aliphatic heterocycles. The number of rotatable bonds is 11. The van der Waals surface area contributed by atoms with Crippen LogP contribution in [0.3, 0.4) is 0 Å². The number of carbonyl (C=O) groups excluding carboxylic acids is 2. The van der Waals surface area contributed by atoms with Crippen molar-refractivity contribution in [1.82, 2.24) is 40.5 Å². The molecule has 2 heterocycles. The van der Waals surface area contributed by atoms with E-state index >= 15 is 0 Å². The molecule has 44 heavy (non-hydrogen) atoms. The van der Waals surface area contributed by atoms with Crippen LogP contribution in [-0.2, 0) is 9.53 Å². The van der Waals surface area contributed by atoms with Gasteiger partial charge in [0.25, 0.3) is 0 Å². The van der Waals surface area contributed by atoms with E-state index in [4.69, 9.17) is 21.7 Å². The van der Waals surface area contributed by atoms with Gasteiger partial charge < -0.3 is 15.4 Å². The highest BCUT2D eigenvalue weighted by Crippen LogP contribution is 2.35. The van der Waals surface area contributed by atoms with E-state index in [9.17, 15) is 18.4 Å². The first-order valence-corrected chi connectivity index (χ1v) is 14.1. The lowest BCUT2D eigenvalue weighted by Gasteiger charge is -2.31. The maximum atomic E-state index is 12.9. The fourth-order valence-electron chi connectivity index (χ4n) is 4.56. The molecule has 4 N–H and O–H groups in total. The van der Waals surface area contributed by atoms with Gasteiger partial charge in [-0.2, -0.15) is 19.0 Å². The van der Waals surface area contributed by atoms with Gasteiger partial charge in [-0.1, -0.05) is 41.9 Å². The lowest BCUT2D eigenvalue weighted by atomic mass is 10.0. The summed E-state index contributed by atoms with van der Waals surface area (Å²) in [5, 5.41) is 25.3. The molecule has 2 aromatic carbocycles. The summed E-state index contributed by atoms with van der Waals surface area (Å²) in [5.41, 5.74) is 2.74. The van der Waals surface area contributed by atoms with E-state index in [1.807, 2.05) is 6.92 Å². The highest BCUT2D eigenvalue weighted by atomic mass is 35.5. The Kier molecular flexibility index (Phi) is 8.90. The van der Waals surface area contributed by atoms with E-state index in [0.29, 0.717) is 44.2 Å². The normalized spacial score (nSPS) is 14.9. The molecule has 12 nitrogen and oxygen atoms in total. The summed E-state index contributed by atoms with van der Waals surface area (Å²) in [5.74, 6) is 0.162. The van der Waals surface area contributed by atoms with Crippen LogP contribution in [0, 0.1) is 5.41 Å². The van der Waals surface area contributed by atoms with Gasteiger partial charge in [0.2, 0.25) is 6.41 Å². The molecule has 0 saturated heterocycles. The Morgan fingerprint density at radius 3 is 2.57 bits per heavy atom. The van der Waals surface area contributed by atoms with Gasteiger partial charge in [-0.25, -0.2) is 14.5 Å². The van der Waals surface area contributed by atoms with Crippen molar-refractivity contribution in [3.63, 3.8) is 0 Å². The lowest BCUT2D eigenvalue weighted by Crippen LogP contribution is -2.45. The van der Waals surface area contributed by atoms with Gasteiger partial charge in [-0.15, -0.1) is 0 Å². The molecule has 5 rings (SSSR count). The first kappa shape index (κ1) is 30.6. The van der Waals surface area contributed by atoms with Crippen LogP contribution in [-0.4, -0.2) is 60.5 Å². The molecular formula is C29H30ClF2N9O3. The maximum Gasteiger partial charge on any atom is 0.407 e. The first-order valence-electron chi connectivity index (χ1n) is 13.7. The zero-order valence-corrected chi connectivity index (χ0v) is 24.6. The number of amides is 2. The number of H-pyrrole nitrogens is 1. The highest BCUT2D eigenvalue weighted by molar-refractivity contribution is 6.33. The minimum Gasteiger partial charge on any atom is -0.447 e. The Hall–Kier alpha value is -4.85. The number of carbonyl (C=O) groups is 2. The molecule has 1 aliphatic carbocycles. The number of aromatic amines is 1. The number of guanidine groups is 1. The number of ether oxygens (including phenoxy) is 1. The molecule has 0 radical (unpaired) electrons. The SMILES string of the molecule is CC(NC(=N)N(C=O)C(COC(=O)NC1(C)CC1)c1ccc(Cl)c(-c2ncn[nH]2)c1)c1ccc(-c2cnn(C(F)F)c2)cc1. The van der Waals surface area contributed by atoms with Crippen molar-refractivity contribution < 1.29 is 23.1 Å². The van der Waals surface area contributed by atoms with Crippen molar-refractivity contribution in [2.45, 2.75) is 50.9 Å². The van der Waals surface area contributed by atoms with Crippen molar-refractivity contribution in [3.8, 4) is 22.5 Å². The Morgan fingerprint density at radius 1 is 1.23 bits per heavy atom. The second kappa shape index (κ2) is 12.8. The molecule has 4 aromatic rings. The first-order chi connectivity index (χ1) is 21.1. The third-order valence-electron chi connectivity index (χ3n) is 7.43. The number of hydrogen-bond donors (Lipinski definition) is 4. The van der Waals surface area contributed by atoms with E-state index in [0.717, 1.165) is 23.3 Å². The topological polar surface area (TPSA) is 154 Å². The number of aromatic nitrogens is 5. The summed E-state index contributed by atoms with van der Waals surface area (Å²) in [6, 6.07) is 10.8. The van der Waals surface area contributed by atoms with Crippen LogP contribution in [0.15, 0.2) is 61.2 Å². The number of halogens is 3. The van der Waals surface area contributed by atoms with E-state index in [-0.39, 0.29) is 18.1 Å². The van der Waals surface area contributed by atoms with Gasteiger partial charge >= 0.3 is 12.6 Å². The molecule has 230 valence electrons. The Bertz CT molecular complexity index is 1630. The molecule has 15 heteroatoms. The predicted molar refractivity (Wildman–Crippen MR) is 158 cm³/mol. The number of alkyl carbamates (subject to hydrolysis) is 1. The van der Waals surface area contributed by atoms with Gasteiger partial charge in [0, 0.05) is 22.9 Å². The van der Waals surface area contributed by atoms with Gasteiger partial charge in [0.15, 0.2) is 11.8 Å². The zero-order valence-electron chi connectivity index (χ0n) is 23.8. The number of benzene rings is 2. The molecule has 2 amide bonds. The summed E-state index contributed by atoms with van der Waals surface area (Å²) >= 11 is 6.42. The fraction of sp³-hybridized carbons (Fsp3) is 0.310. The van der Waals surface area contributed by atoms with Gasteiger partial charge in [0.1, 0.15) is 12.9 Å². The monoisotopic (exact) mass is 625 g/mol. The lowest BCUT2D eigenvalue weighted by molar-refractivity contribution is -0.117. The average molecular weight is 626 g/mol. The summed E-state index contributed by atoms with van der Waals surface area (Å²) in [6.07, 6.45) is 5.51. The van der Waals surface area contributed by atoms with Crippen molar-refractivity contribution in [2.75, 3.05) is 6.61 Å². The van der Waals surface area contributed by atoms with E-state index < -0.39 is 24.7 Å².